The molecule has 0 unspecified atom stereocenters. The lowest BCUT2D eigenvalue weighted by atomic mass is 10.1. The molecule has 0 saturated carbocycles. The number of nitrogens with zero attached hydrogens (tertiary/aromatic N) is 2. The number of aromatic nitrogens is 2. The Hall–Kier alpha value is -1.45. The van der Waals surface area contributed by atoms with Gasteiger partial charge in [-0.05, 0) is 18.4 Å². The third-order valence-electron chi connectivity index (χ3n) is 1.80. The van der Waals surface area contributed by atoms with Gasteiger partial charge in [-0.1, -0.05) is 13.8 Å². The van der Waals surface area contributed by atoms with Crippen molar-refractivity contribution < 1.29 is 9.53 Å². The Morgan fingerprint density at radius 3 is 2.43 bits per heavy atom. The number of hydrogen-bond donors (Lipinski definition) is 0. The zero-order valence-electron chi connectivity index (χ0n) is 8.65. The summed E-state index contributed by atoms with van der Waals surface area (Å²) in [7, 11) is 0. The van der Waals surface area contributed by atoms with Crippen LogP contribution in [0.3, 0.4) is 0 Å². The van der Waals surface area contributed by atoms with E-state index in [1.807, 2.05) is 13.8 Å². The zero-order chi connectivity index (χ0) is 10.6. The molecule has 1 heterocycles. The van der Waals surface area contributed by atoms with Crippen molar-refractivity contribution in [3.8, 4) is 0 Å². The topological polar surface area (TPSA) is 52.1 Å². The van der Waals surface area contributed by atoms with Gasteiger partial charge in [0.25, 0.3) is 0 Å². The monoisotopic (exact) mass is 194 g/mol. The molecular formula is C10H14N2O2. The molecule has 4 nitrogen and oxygen atoms in total. The highest BCUT2D eigenvalue weighted by molar-refractivity contribution is 5.84. The van der Waals surface area contributed by atoms with Crippen LogP contribution in [-0.4, -0.2) is 22.5 Å². The highest BCUT2D eigenvalue weighted by atomic mass is 16.5. The van der Waals surface area contributed by atoms with E-state index in [-0.39, 0.29) is 5.82 Å². The standard InChI is InChI=1S/C10H14N2O2/c1-4-14-10(13)9-11-5-8(6-12-9)7(2)3/h5-7H,4H2,1-3H3. The highest BCUT2D eigenvalue weighted by Crippen LogP contribution is 2.10. The van der Waals surface area contributed by atoms with Crippen LogP contribution >= 0.6 is 0 Å². The lowest BCUT2D eigenvalue weighted by Crippen LogP contribution is -2.09. The van der Waals surface area contributed by atoms with Crippen LogP contribution < -0.4 is 0 Å². The average molecular weight is 194 g/mol. The largest absolute Gasteiger partial charge is 0.460 e. The van der Waals surface area contributed by atoms with Crippen LogP contribution in [-0.2, 0) is 4.74 Å². The summed E-state index contributed by atoms with van der Waals surface area (Å²) in [5.74, 6) is 0.0188. The average Bonchev–Trinajstić information content (AvgIpc) is 2.18. The number of rotatable bonds is 3. The van der Waals surface area contributed by atoms with Gasteiger partial charge in [0, 0.05) is 12.4 Å². The molecule has 0 radical (unpaired) electrons. The molecule has 76 valence electrons. The molecule has 0 N–H and O–H groups in total. The Kier molecular flexibility index (Phi) is 3.56. The molecule has 0 amide bonds. The van der Waals surface area contributed by atoms with Gasteiger partial charge >= 0.3 is 5.97 Å². The van der Waals surface area contributed by atoms with E-state index in [2.05, 4.69) is 9.97 Å². The van der Waals surface area contributed by atoms with Crippen molar-refractivity contribution in [2.24, 2.45) is 0 Å². The van der Waals surface area contributed by atoms with E-state index in [4.69, 9.17) is 4.74 Å². The molecule has 1 aromatic rings. The minimum Gasteiger partial charge on any atom is -0.460 e. The Labute approximate surface area is 83.3 Å². The van der Waals surface area contributed by atoms with Crippen molar-refractivity contribution in [1.82, 2.24) is 9.97 Å². The fourth-order valence-corrected chi connectivity index (χ4v) is 0.937. The fourth-order valence-electron chi connectivity index (χ4n) is 0.937. The molecule has 1 rings (SSSR count). The molecule has 0 atom stereocenters. The minimum atomic E-state index is -0.470. The molecule has 14 heavy (non-hydrogen) atoms. The van der Waals surface area contributed by atoms with E-state index in [1.54, 1.807) is 19.3 Å². The number of carbonyl (C=O) groups excluding carboxylic acids is 1. The van der Waals surface area contributed by atoms with E-state index in [9.17, 15) is 4.79 Å². The Morgan fingerprint density at radius 2 is 2.00 bits per heavy atom. The summed E-state index contributed by atoms with van der Waals surface area (Å²) >= 11 is 0. The van der Waals surface area contributed by atoms with Crippen LogP contribution in [0, 0.1) is 0 Å². The molecule has 0 fully saturated rings. The SMILES string of the molecule is CCOC(=O)c1ncc(C(C)C)cn1. The normalized spacial score (nSPS) is 10.3. The first-order valence-electron chi connectivity index (χ1n) is 4.64. The zero-order valence-corrected chi connectivity index (χ0v) is 8.65. The summed E-state index contributed by atoms with van der Waals surface area (Å²) in [4.78, 5) is 19.0. The van der Waals surface area contributed by atoms with Gasteiger partial charge in [0.2, 0.25) is 5.82 Å². The van der Waals surface area contributed by atoms with Crippen molar-refractivity contribution >= 4 is 5.97 Å². The van der Waals surface area contributed by atoms with Crippen molar-refractivity contribution in [3.63, 3.8) is 0 Å². The second-order valence-electron chi connectivity index (χ2n) is 3.22. The van der Waals surface area contributed by atoms with Crippen LogP contribution in [0.25, 0.3) is 0 Å². The van der Waals surface area contributed by atoms with Gasteiger partial charge in [0.05, 0.1) is 6.61 Å². The van der Waals surface area contributed by atoms with Gasteiger partial charge < -0.3 is 4.74 Å². The van der Waals surface area contributed by atoms with Crippen molar-refractivity contribution in [3.05, 3.63) is 23.8 Å². The van der Waals surface area contributed by atoms with Gasteiger partial charge in [0.1, 0.15) is 0 Å². The third-order valence-corrected chi connectivity index (χ3v) is 1.80. The maximum atomic E-state index is 11.2. The molecule has 1 aromatic heterocycles. The van der Waals surface area contributed by atoms with Gasteiger partial charge in [-0.25, -0.2) is 14.8 Å². The van der Waals surface area contributed by atoms with Crippen molar-refractivity contribution in [2.45, 2.75) is 26.7 Å². The molecular weight excluding hydrogens is 180 g/mol. The van der Waals surface area contributed by atoms with Crippen LogP contribution in [0.4, 0.5) is 0 Å². The Balaban J connectivity index is 2.78. The van der Waals surface area contributed by atoms with E-state index < -0.39 is 5.97 Å². The Morgan fingerprint density at radius 1 is 1.43 bits per heavy atom. The molecule has 0 aliphatic carbocycles. The minimum absolute atomic E-state index is 0.122. The molecule has 0 aliphatic heterocycles. The molecule has 4 heteroatoms. The number of ether oxygens (including phenoxy) is 1. The first kappa shape index (κ1) is 10.6. The van der Waals surface area contributed by atoms with Crippen LogP contribution in [0.15, 0.2) is 12.4 Å². The van der Waals surface area contributed by atoms with E-state index >= 15 is 0 Å². The highest BCUT2D eigenvalue weighted by Gasteiger charge is 2.09. The summed E-state index contributed by atoms with van der Waals surface area (Å²) in [5.41, 5.74) is 1.01. The maximum absolute atomic E-state index is 11.2. The number of carbonyl (C=O) groups is 1. The first-order valence-corrected chi connectivity index (χ1v) is 4.64. The van der Waals surface area contributed by atoms with Gasteiger partial charge in [-0.3, -0.25) is 0 Å². The quantitative estimate of drug-likeness (QED) is 0.688. The Bertz CT molecular complexity index is 306. The smallest absolute Gasteiger partial charge is 0.376 e. The summed E-state index contributed by atoms with van der Waals surface area (Å²) in [5, 5.41) is 0. The van der Waals surface area contributed by atoms with Gasteiger partial charge in [-0.15, -0.1) is 0 Å². The molecule has 0 aromatic carbocycles. The van der Waals surface area contributed by atoms with Crippen LogP contribution in [0.1, 0.15) is 42.9 Å². The van der Waals surface area contributed by atoms with Crippen molar-refractivity contribution in [2.75, 3.05) is 6.61 Å². The predicted molar refractivity (Wildman–Crippen MR) is 52.1 cm³/mol. The lowest BCUT2D eigenvalue weighted by molar-refractivity contribution is 0.0512. The molecule has 0 spiro atoms. The predicted octanol–water partition coefficient (Wildman–Crippen LogP) is 1.78. The second kappa shape index (κ2) is 4.69. The maximum Gasteiger partial charge on any atom is 0.376 e. The summed E-state index contributed by atoms with van der Waals surface area (Å²) in [6.45, 7) is 6.18. The summed E-state index contributed by atoms with van der Waals surface area (Å²) in [6.07, 6.45) is 3.31. The molecule has 0 saturated heterocycles. The van der Waals surface area contributed by atoms with Crippen molar-refractivity contribution in [1.29, 1.82) is 0 Å². The van der Waals surface area contributed by atoms with Gasteiger partial charge in [0.15, 0.2) is 0 Å². The molecule has 0 aliphatic rings. The second-order valence-corrected chi connectivity index (χ2v) is 3.22. The van der Waals surface area contributed by atoms with Gasteiger partial charge in [-0.2, -0.15) is 0 Å². The van der Waals surface area contributed by atoms with Crippen LogP contribution in [0.2, 0.25) is 0 Å². The number of esters is 1. The first-order chi connectivity index (χ1) is 6.65. The lowest BCUT2D eigenvalue weighted by Gasteiger charge is -2.04. The molecule has 0 bridgehead atoms. The van der Waals surface area contributed by atoms with E-state index in [0.717, 1.165) is 5.56 Å². The van der Waals surface area contributed by atoms with E-state index in [0.29, 0.717) is 12.5 Å². The number of hydrogen-bond acceptors (Lipinski definition) is 4. The fraction of sp³-hybridized carbons (Fsp3) is 0.500. The third kappa shape index (κ3) is 2.52. The van der Waals surface area contributed by atoms with Crippen LogP contribution in [0.5, 0.6) is 0 Å². The summed E-state index contributed by atoms with van der Waals surface area (Å²) < 4.78 is 4.76. The summed E-state index contributed by atoms with van der Waals surface area (Å²) in [6, 6.07) is 0. The van der Waals surface area contributed by atoms with E-state index in [1.165, 1.54) is 0 Å².